The van der Waals surface area contributed by atoms with Crippen molar-refractivity contribution >= 4 is 27.0 Å². The van der Waals surface area contributed by atoms with Gasteiger partial charge in [0, 0.05) is 45.7 Å². The zero-order chi connectivity index (χ0) is 24.1. The van der Waals surface area contributed by atoms with E-state index in [0.717, 1.165) is 67.6 Å². The first-order valence-electron chi connectivity index (χ1n) is 11.5. The van der Waals surface area contributed by atoms with Crippen molar-refractivity contribution in [3.05, 3.63) is 64.3 Å². The van der Waals surface area contributed by atoms with Gasteiger partial charge in [-0.15, -0.1) is 11.3 Å². The van der Waals surface area contributed by atoms with Crippen molar-refractivity contribution in [3.63, 3.8) is 0 Å². The summed E-state index contributed by atoms with van der Waals surface area (Å²) in [6.07, 6.45) is 0.998. The van der Waals surface area contributed by atoms with Crippen LogP contribution in [0.2, 0.25) is 0 Å². The van der Waals surface area contributed by atoms with E-state index in [1.807, 2.05) is 24.3 Å². The van der Waals surface area contributed by atoms with Crippen LogP contribution in [0.3, 0.4) is 0 Å². The van der Waals surface area contributed by atoms with E-state index in [4.69, 9.17) is 9.73 Å². The Hall–Kier alpha value is -2.30. The second-order valence-electron chi connectivity index (χ2n) is 8.62. The summed E-state index contributed by atoms with van der Waals surface area (Å²) in [6.45, 7) is 7.46. The van der Waals surface area contributed by atoms with Gasteiger partial charge in [0.2, 0.25) is 10.0 Å². The minimum absolute atomic E-state index is 0.292. The van der Waals surface area contributed by atoms with E-state index in [-0.39, 0.29) is 0 Å². The summed E-state index contributed by atoms with van der Waals surface area (Å²) in [7, 11) is -0.367. The number of aromatic nitrogens is 1. The molecule has 0 aliphatic carbocycles. The zero-order valence-electron chi connectivity index (χ0n) is 20.0. The Labute approximate surface area is 206 Å². The molecule has 0 atom stereocenters. The standard InChI is InChI=1S/C25H32N4O3S2/c1-20-5-9-22(10-6-20)26-25-29(14-4-13-28-15-17-32-18-16-28)24(19-33-25)21-7-11-23(12-8-21)34(30,31)27(2)3/h5-12,19H,4,13-18H2,1-3H3. The number of rotatable bonds is 8. The fourth-order valence-corrected chi connectivity index (χ4v) is 5.74. The van der Waals surface area contributed by atoms with Crippen LogP contribution in [0, 0.1) is 6.92 Å². The van der Waals surface area contributed by atoms with Crippen molar-refractivity contribution in [1.29, 1.82) is 0 Å². The minimum Gasteiger partial charge on any atom is -0.379 e. The number of hydrogen-bond acceptors (Lipinski definition) is 6. The van der Waals surface area contributed by atoms with E-state index < -0.39 is 10.0 Å². The Bertz CT molecular complexity index is 1250. The van der Waals surface area contributed by atoms with Crippen molar-refractivity contribution in [2.24, 2.45) is 4.99 Å². The quantitative estimate of drug-likeness (QED) is 0.473. The molecular formula is C25H32N4O3S2. The van der Waals surface area contributed by atoms with Crippen LogP contribution >= 0.6 is 11.3 Å². The molecule has 7 nitrogen and oxygen atoms in total. The molecule has 1 fully saturated rings. The van der Waals surface area contributed by atoms with Crippen LogP contribution in [0.4, 0.5) is 5.69 Å². The molecule has 1 aromatic heterocycles. The Morgan fingerprint density at radius 1 is 1.00 bits per heavy atom. The number of hydrogen-bond donors (Lipinski definition) is 0. The molecule has 4 rings (SSSR count). The van der Waals surface area contributed by atoms with Gasteiger partial charge in [-0.25, -0.2) is 17.7 Å². The topological polar surface area (TPSA) is 67.1 Å². The van der Waals surface area contributed by atoms with Crippen molar-refractivity contribution < 1.29 is 13.2 Å². The number of nitrogens with zero attached hydrogens (tertiary/aromatic N) is 4. The lowest BCUT2D eigenvalue weighted by molar-refractivity contribution is 0.0369. The van der Waals surface area contributed by atoms with Gasteiger partial charge >= 0.3 is 0 Å². The first kappa shape index (κ1) is 24.8. The van der Waals surface area contributed by atoms with Gasteiger partial charge in [0.05, 0.1) is 29.5 Å². The van der Waals surface area contributed by atoms with Crippen LogP contribution < -0.4 is 4.80 Å². The Kier molecular flexibility index (Phi) is 8.00. The van der Waals surface area contributed by atoms with Gasteiger partial charge in [-0.1, -0.05) is 29.8 Å². The summed E-state index contributed by atoms with van der Waals surface area (Å²) in [6, 6.07) is 15.3. The lowest BCUT2D eigenvalue weighted by atomic mass is 10.1. The van der Waals surface area contributed by atoms with E-state index in [0.29, 0.717) is 4.90 Å². The van der Waals surface area contributed by atoms with Crippen molar-refractivity contribution in [3.8, 4) is 11.3 Å². The lowest BCUT2D eigenvalue weighted by Gasteiger charge is -2.26. The van der Waals surface area contributed by atoms with Gasteiger partial charge in [0.15, 0.2) is 4.80 Å². The summed E-state index contributed by atoms with van der Waals surface area (Å²) in [4.78, 5) is 8.58. The molecule has 182 valence electrons. The molecule has 1 aliphatic rings. The number of sulfonamides is 1. The summed E-state index contributed by atoms with van der Waals surface area (Å²) in [5.41, 5.74) is 4.16. The number of morpholine rings is 1. The average Bonchev–Trinajstić information content (AvgIpc) is 3.23. The van der Waals surface area contributed by atoms with E-state index >= 15 is 0 Å². The van der Waals surface area contributed by atoms with Crippen LogP contribution in [-0.2, 0) is 21.3 Å². The highest BCUT2D eigenvalue weighted by molar-refractivity contribution is 7.89. The molecule has 0 bridgehead atoms. The second kappa shape index (κ2) is 11.0. The Morgan fingerprint density at radius 2 is 1.68 bits per heavy atom. The van der Waals surface area contributed by atoms with Crippen LogP contribution in [0.15, 0.2) is 63.8 Å². The predicted molar refractivity (Wildman–Crippen MR) is 137 cm³/mol. The van der Waals surface area contributed by atoms with Crippen LogP contribution in [-0.4, -0.2) is 69.1 Å². The SMILES string of the molecule is Cc1ccc(N=c2scc(-c3ccc(S(=O)(=O)N(C)C)cc3)n2CCCN2CCOCC2)cc1. The molecule has 0 unspecified atom stereocenters. The Balaban J connectivity index is 1.64. The van der Waals surface area contributed by atoms with Crippen LogP contribution in [0.1, 0.15) is 12.0 Å². The van der Waals surface area contributed by atoms with Crippen LogP contribution in [0.25, 0.3) is 11.3 Å². The molecule has 0 N–H and O–H groups in total. The van der Waals surface area contributed by atoms with Gasteiger partial charge in [0.25, 0.3) is 0 Å². The lowest BCUT2D eigenvalue weighted by Crippen LogP contribution is -2.37. The molecule has 1 aliphatic heterocycles. The fraction of sp³-hybridized carbons (Fsp3) is 0.400. The predicted octanol–water partition coefficient (Wildman–Crippen LogP) is 3.73. The molecule has 0 saturated carbocycles. The fourth-order valence-electron chi connectivity index (χ4n) is 3.88. The molecule has 1 saturated heterocycles. The van der Waals surface area contributed by atoms with Gasteiger partial charge in [-0.2, -0.15) is 0 Å². The molecule has 2 aromatic carbocycles. The van der Waals surface area contributed by atoms with Gasteiger partial charge in [-0.05, 0) is 43.2 Å². The van der Waals surface area contributed by atoms with Crippen LogP contribution in [0.5, 0.6) is 0 Å². The molecule has 0 amide bonds. The average molecular weight is 501 g/mol. The summed E-state index contributed by atoms with van der Waals surface area (Å²) < 4.78 is 33.9. The molecule has 34 heavy (non-hydrogen) atoms. The molecule has 2 heterocycles. The van der Waals surface area contributed by atoms with Crippen molar-refractivity contribution in [2.75, 3.05) is 46.9 Å². The van der Waals surface area contributed by atoms with Crippen molar-refractivity contribution in [1.82, 2.24) is 13.8 Å². The number of ether oxygens (including phenoxy) is 1. The third kappa shape index (κ3) is 5.84. The molecule has 3 aromatic rings. The maximum atomic E-state index is 12.5. The maximum Gasteiger partial charge on any atom is 0.242 e. The van der Waals surface area contributed by atoms with Gasteiger partial charge in [-0.3, -0.25) is 4.90 Å². The second-order valence-corrected chi connectivity index (χ2v) is 11.6. The maximum absolute atomic E-state index is 12.5. The first-order chi connectivity index (χ1) is 16.3. The van der Waals surface area contributed by atoms with E-state index in [1.54, 1.807) is 37.6 Å². The summed E-state index contributed by atoms with van der Waals surface area (Å²) >= 11 is 1.61. The molecule has 0 spiro atoms. The largest absolute Gasteiger partial charge is 0.379 e. The third-order valence-corrected chi connectivity index (χ3v) is 8.64. The smallest absolute Gasteiger partial charge is 0.242 e. The summed E-state index contributed by atoms with van der Waals surface area (Å²) in [5, 5.41) is 2.11. The monoisotopic (exact) mass is 500 g/mol. The summed E-state index contributed by atoms with van der Waals surface area (Å²) in [5.74, 6) is 0. The van der Waals surface area contributed by atoms with Gasteiger partial charge < -0.3 is 9.30 Å². The third-order valence-electron chi connectivity index (χ3n) is 5.94. The highest BCUT2D eigenvalue weighted by Crippen LogP contribution is 2.24. The minimum atomic E-state index is -3.46. The number of aryl methyl sites for hydroxylation is 1. The zero-order valence-corrected chi connectivity index (χ0v) is 21.6. The first-order valence-corrected chi connectivity index (χ1v) is 13.8. The van der Waals surface area contributed by atoms with Gasteiger partial charge in [0.1, 0.15) is 0 Å². The number of benzene rings is 2. The normalized spacial score (nSPS) is 15.8. The van der Waals surface area contributed by atoms with E-state index in [1.165, 1.54) is 9.87 Å². The highest BCUT2D eigenvalue weighted by atomic mass is 32.2. The molecule has 9 heteroatoms. The van der Waals surface area contributed by atoms with E-state index in [9.17, 15) is 8.42 Å². The molecule has 0 radical (unpaired) electrons. The van der Waals surface area contributed by atoms with Crippen molar-refractivity contribution in [2.45, 2.75) is 24.8 Å². The highest BCUT2D eigenvalue weighted by Gasteiger charge is 2.18. The molecular weight excluding hydrogens is 468 g/mol. The Morgan fingerprint density at radius 3 is 2.32 bits per heavy atom. The van der Waals surface area contributed by atoms with E-state index in [2.05, 4.69) is 33.9 Å². The number of thiazole rings is 1.